The van der Waals surface area contributed by atoms with Crippen LogP contribution in [-0.2, 0) is 9.59 Å². The van der Waals surface area contributed by atoms with Gasteiger partial charge in [-0.2, -0.15) is 0 Å². The van der Waals surface area contributed by atoms with E-state index in [1.165, 1.54) is 18.2 Å². The summed E-state index contributed by atoms with van der Waals surface area (Å²) in [7, 11) is 0. The lowest BCUT2D eigenvalue weighted by Crippen LogP contribution is -2.66. The van der Waals surface area contributed by atoms with Gasteiger partial charge in [-0.05, 0) is 61.2 Å². The van der Waals surface area contributed by atoms with E-state index >= 15 is 8.78 Å². The molecule has 0 bridgehead atoms. The summed E-state index contributed by atoms with van der Waals surface area (Å²) in [5.41, 5.74) is -0.372. The van der Waals surface area contributed by atoms with Crippen molar-refractivity contribution in [3.63, 3.8) is 0 Å². The van der Waals surface area contributed by atoms with Crippen molar-refractivity contribution in [3.8, 4) is 11.5 Å². The number of Topliss-reactive ketones (excluding diaryl/α,β-unsaturated/α-hetero) is 3. The molecular weight excluding hydrogens is 770 g/mol. The average Bonchev–Trinajstić information content (AvgIpc) is 3.42. The number of fused-ring (bicyclic) bond motifs is 1. The Morgan fingerprint density at radius 3 is 2.21 bits per heavy atom. The van der Waals surface area contributed by atoms with Gasteiger partial charge in [-0.25, -0.2) is 13.6 Å². The van der Waals surface area contributed by atoms with Gasteiger partial charge in [0, 0.05) is 73.2 Å². The first-order valence-electron chi connectivity index (χ1n) is 19.5. The highest BCUT2D eigenvalue weighted by molar-refractivity contribution is 6.33. The van der Waals surface area contributed by atoms with E-state index in [1.807, 2.05) is 32.6 Å². The zero-order chi connectivity index (χ0) is 41.7. The molecule has 2 amide bonds. The number of piperidine rings is 1. The van der Waals surface area contributed by atoms with Crippen LogP contribution in [0.4, 0.5) is 20.2 Å². The van der Waals surface area contributed by atoms with Crippen LogP contribution in [0.25, 0.3) is 4.85 Å². The molecule has 4 aliphatic rings. The molecule has 304 valence electrons. The second kappa shape index (κ2) is 15.9. The van der Waals surface area contributed by atoms with Crippen LogP contribution in [0.2, 0.25) is 5.02 Å². The highest BCUT2D eigenvalue weighted by Gasteiger charge is 2.63. The molecule has 1 saturated carbocycles. The van der Waals surface area contributed by atoms with Gasteiger partial charge in [-0.15, -0.1) is 0 Å². The van der Waals surface area contributed by atoms with Gasteiger partial charge in [-0.1, -0.05) is 45.4 Å². The van der Waals surface area contributed by atoms with Gasteiger partial charge >= 0.3 is 0 Å². The maximum atomic E-state index is 15.6. The van der Waals surface area contributed by atoms with Crippen LogP contribution >= 0.6 is 11.6 Å². The Labute approximate surface area is 340 Å². The van der Waals surface area contributed by atoms with Crippen molar-refractivity contribution in [2.45, 2.75) is 59.5 Å². The van der Waals surface area contributed by atoms with Crippen molar-refractivity contribution in [2.75, 3.05) is 44.2 Å². The second-order valence-electron chi connectivity index (χ2n) is 16.8. The number of anilines is 1. The molecule has 0 spiro atoms. The molecule has 3 fully saturated rings. The quantitative estimate of drug-likeness (QED) is 0.0650. The molecular formula is C44H45ClF2N4O7. The third kappa shape index (κ3) is 7.60. The Balaban J connectivity index is 0.882. The number of hydrogen-bond donors (Lipinski definition) is 1. The van der Waals surface area contributed by atoms with Crippen LogP contribution in [-0.4, -0.2) is 79.5 Å². The Morgan fingerprint density at radius 2 is 1.57 bits per heavy atom. The second-order valence-corrected chi connectivity index (χ2v) is 17.2. The third-order valence-corrected chi connectivity index (χ3v) is 12.8. The van der Waals surface area contributed by atoms with Crippen molar-refractivity contribution < 1.29 is 42.2 Å². The molecule has 14 heteroatoms. The highest BCUT2D eigenvalue weighted by Crippen LogP contribution is 2.62. The number of piperazine rings is 1. The van der Waals surface area contributed by atoms with Crippen molar-refractivity contribution >= 4 is 52.1 Å². The Hall–Kier alpha value is -5.19. The summed E-state index contributed by atoms with van der Waals surface area (Å²) in [6, 6.07) is 12.1. The van der Waals surface area contributed by atoms with E-state index in [2.05, 4.69) is 15.1 Å². The standard InChI is InChI=1S/C44H45ClF2N4O7/c1-43(2)35(44(3,4)42(43)58-26-8-11-33(48-5)30(45)22-26)23-34(52)38-31(46)19-24(20-32(38)47)51-16-14-50(15-17-51)13-6-18-57-25-7-9-27-29(21-25)40(55)37(39(27)54)28-10-12-36(53)49-41(28)56/h7-9,11,19-22,28,35,37,42H,6,10,12-18,23H2,1-4H3,(H,49,53,56). The monoisotopic (exact) mass is 814 g/mol. The highest BCUT2D eigenvalue weighted by atomic mass is 35.5. The van der Waals surface area contributed by atoms with E-state index in [0.717, 1.165) is 0 Å². The van der Waals surface area contributed by atoms with Crippen molar-refractivity contribution in [3.05, 3.63) is 93.3 Å². The fourth-order valence-corrected chi connectivity index (χ4v) is 9.90. The zero-order valence-electron chi connectivity index (χ0n) is 32.8. The normalized spacial score (nSPS) is 23.8. The average molecular weight is 815 g/mol. The number of amides is 2. The summed E-state index contributed by atoms with van der Waals surface area (Å²) < 4.78 is 43.4. The predicted molar refractivity (Wildman–Crippen MR) is 212 cm³/mol. The molecule has 1 N–H and O–H groups in total. The predicted octanol–water partition coefficient (Wildman–Crippen LogP) is 7.51. The van der Waals surface area contributed by atoms with E-state index in [4.69, 9.17) is 27.6 Å². The van der Waals surface area contributed by atoms with E-state index in [-0.39, 0.29) is 47.4 Å². The first-order chi connectivity index (χ1) is 27.5. The summed E-state index contributed by atoms with van der Waals surface area (Å²) in [6.45, 7) is 18.5. The molecule has 2 aliphatic heterocycles. The number of nitrogens with zero attached hydrogens (tertiary/aromatic N) is 3. The molecule has 2 unspecified atom stereocenters. The SMILES string of the molecule is [C-]#[N+]c1ccc(OC2C(C)(C)C(CC(=O)c3c(F)cc(N4CCN(CCCOc5ccc6c(c5)C(=O)C(C5CCC(=O)NC5=O)C6=O)CC4)cc3F)C2(C)C)cc1Cl. The van der Waals surface area contributed by atoms with Gasteiger partial charge in [0.2, 0.25) is 17.5 Å². The first kappa shape index (κ1) is 41.0. The van der Waals surface area contributed by atoms with Crippen molar-refractivity contribution in [2.24, 2.45) is 28.6 Å². The molecule has 3 aromatic rings. The minimum atomic E-state index is -1.14. The van der Waals surface area contributed by atoms with Crippen LogP contribution in [0.15, 0.2) is 48.5 Å². The maximum absolute atomic E-state index is 15.6. The number of halogens is 3. The number of carbonyl (C=O) groups excluding carboxylic acids is 5. The van der Waals surface area contributed by atoms with Crippen LogP contribution in [0.5, 0.6) is 11.5 Å². The van der Waals surface area contributed by atoms with Crippen molar-refractivity contribution in [1.29, 1.82) is 0 Å². The molecule has 2 heterocycles. The van der Waals surface area contributed by atoms with Gasteiger partial charge in [-0.3, -0.25) is 34.2 Å². The number of imide groups is 1. The number of carbonyl (C=O) groups is 5. The summed E-state index contributed by atoms with van der Waals surface area (Å²) in [5, 5.41) is 2.51. The molecule has 2 aliphatic carbocycles. The van der Waals surface area contributed by atoms with Crippen molar-refractivity contribution in [1.82, 2.24) is 10.2 Å². The fourth-order valence-electron chi connectivity index (χ4n) is 9.69. The van der Waals surface area contributed by atoms with Gasteiger partial charge in [0.05, 0.1) is 35.6 Å². The van der Waals surface area contributed by atoms with Crippen LogP contribution in [0.1, 0.15) is 84.5 Å². The number of ether oxygens (including phenoxy) is 2. The van der Waals surface area contributed by atoms with Gasteiger partial charge in [0.25, 0.3) is 0 Å². The summed E-state index contributed by atoms with van der Waals surface area (Å²) in [4.78, 5) is 71.2. The molecule has 2 atom stereocenters. The van der Waals surface area contributed by atoms with Crippen LogP contribution in [0, 0.1) is 46.8 Å². The van der Waals surface area contributed by atoms with E-state index in [0.29, 0.717) is 68.6 Å². The minimum Gasteiger partial charge on any atom is -0.494 e. The minimum absolute atomic E-state index is 0.0534. The molecule has 0 radical (unpaired) electrons. The lowest BCUT2D eigenvalue weighted by Gasteiger charge is -2.63. The Kier molecular flexibility index (Phi) is 11.2. The molecule has 11 nitrogen and oxygen atoms in total. The lowest BCUT2D eigenvalue weighted by atomic mass is 9.44. The zero-order valence-corrected chi connectivity index (χ0v) is 33.6. The van der Waals surface area contributed by atoms with Crippen LogP contribution in [0.3, 0.4) is 0 Å². The molecule has 3 aromatic carbocycles. The molecule has 7 rings (SSSR count). The number of rotatable bonds is 12. The Morgan fingerprint density at radius 1 is 0.914 bits per heavy atom. The van der Waals surface area contributed by atoms with Gasteiger partial charge in [0.15, 0.2) is 17.3 Å². The number of hydrogen-bond acceptors (Lipinski definition) is 9. The summed E-state index contributed by atoms with van der Waals surface area (Å²) in [6.07, 6.45) is 0.524. The number of benzene rings is 3. The number of nitrogens with one attached hydrogen (secondary N) is 1. The largest absolute Gasteiger partial charge is 0.494 e. The van der Waals surface area contributed by atoms with E-state index in [9.17, 15) is 24.0 Å². The Bertz CT molecular complexity index is 2210. The molecule has 0 aromatic heterocycles. The van der Waals surface area contributed by atoms with Gasteiger partial charge < -0.3 is 14.4 Å². The fraction of sp³-hybridized carbons (Fsp3) is 0.455. The lowest BCUT2D eigenvalue weighted by molar-refractivity contribution is -0.196. The number of ketones is 3. The topological polar surface area (TPSA) is 127 Å². The maximum Gasteiger partial charge on any atom is 0.230 e. The summed E-state index contributed by atoms with van der Waals surface area (Å²) >= 11 is 6.22. The van der Waals surface area contributed by atoms with E-state index in [1.54, 1.807) is 30.3 Å². The van der Waals surface area contributed by atoms with Gasteiger partial charge in [0.1, 0.15) is 29.2 Å². The first-order valence-corrected chi connectivity index (χ1v) is 19.9. The third-order valence-electron chi connectivity index (χ3n) is 12.5. The van der Waals surface area contributed by atoms with Crippen LogP contribution < -0.4 is 19.7 Å². The molecule has 58 heavy (non-hydrogen) atoms. The summed E-state index contributed by atoms with van der Waals surface area (Å²) in [5.74, 6) is -5.53. The van der Waals surface area contributed by atoms with E-state index < -0.39 is 69.0 Å². The molecule has 2 saturated heterocycles. The smallest absolute Gasteiger partial charge is 0.230 e.